The lowest BCUT2D eigenvalue weighted by atomic mass is 10.1. The molecular formula is C17H23N3. The van der Waals surface area contributed by atoms with Crippen molar-refractivity contribution in [2.45, 2.75) is 51.6 Å². The van der Waals surface area contributed by atoms with E-state index in [2.05, 4.69) is 41.5 Å². The van der Waals surface area contributed by atoms with Gasteiger partial charge in [-0.15, -0.1) is 0 Å². The lowest BCUT2D eigenvalue weighted by Gasteiger charge is -2.09. The molecule has 2 N–H and O–H groups in total. The van der Waals surface area contributed by atoms with Gasteiger partial charge in [0.25, 0.3) is 0 Å². The van der Waals surface area contributed by atoms with Crippen LogP contribution in [0.1, 0.15) is 44.1 Å². The molecule has 0 amide bonds. The van der Waals surface area contributed by atoms with E-state index in [9.17, 15) is 0 Å². The standard InChI is InChI=1S/C17H23N3/c1-2-15-17(13-8-4-3-5-9-13)20-16(19-15)12-18-14-10-6-7-11-14/h3-5,8-9,14,18H,2,6-7,10-12H2,1H3,(H,19,20). The number of imidazole rings is 1. The van der Waals surface area contributed by atoms with E-state index in [1.165, 1.54) is 36.9 Å². The second-order valence-electron chi connectivity index (χ2n) is 5.59. The van der Waals surface area contributed by atoms with Crippen molar-refractivity contribution in [3.63, 3.8) is 0 Å². The summed E-state index contributed by atoms with van der Waals surface area (Å²) in [6.45, 7) is 3.03. The molecule has 0 spiro atoms. The molecule has 3 rings (SSSR count). The van der Waals surface area contributed by atoms with Crippen LogP contribution in [0, 0.1) is 0 Å². The quantitative estimate of drug-likeness (QED) is 0.869. The Morgan fingerprint density at radius 2 is 1.95 bits per heavy atom. The second kappa shape index (κ2) is 6.23. The van der Waals surface area contributed by atoms with Gasteiger partial charge in [0, 0.05) is 17.3 Å². The third-order valence-electron chi connectivity index (χ3n) is 4.14. The molecule has 1 aliphatic rings. The first kappa shape index (κ1) is 13.4. The molecule has 2 aromatic rings. The maximum atomic E-state index is 4.79. The van der Waals surface area contributed by atoms with Gasteiger partial charge in [0.2, 0.25) is 0 Å². The zero-order valence-electron chi connectivity index (χ0n) is 12.2. The van der Waals surface area contributed by atoms with Crippen molar-refractivity contribution in [1.82, 2.24) is 15.3 Å². The van der Waals surface area contributed by atoms with Crippen molar-refractivity contribution in [1.29, 1.82) is 0 Å². The third-order valence-corrected chi connectivity index (χ3v) is 4.14. The number of aromatic amines is 1. The number of rotatable bonds is 5. The summed E-state index contributed by atoms with van der Waals surface area (Å²) >= 11 is 0. The highest BCUT2D eigenvalue weighted by atomic mass is 15.0. The Morgan fingerprint density at radius 1 is 1.20 bits per heavy atom. The lowest BCUT2D eigenvalue weighted by molar-refractivity contribution is 0.515. The number of nitrogens with one attached hydrogen (secondary N) is 2. The molecule has 20 heavy (non-hydrogen) atoms. The Kier molecular flexibility index (Phi) is 4.16. The Bertz CT molecular complexity index is 539. The number of benzene rings is 1. The van der Waals surface area contributed by atoms with Crippen molar-refractivity contribution < 1.29 is 0 Å². The van der Waals surface area contributed by atoms with E-state index >= 15 is 0 Å². The molecule has 0 bridgehead atoms. The van der Waals surface area contributed by atoms with Gasteiger partial charge < -0.3 is 10.3 Å². The van der Waals surface area contributed by atoms with Crippen LogP contribution in [0.3, 0.4) is 0 Å². The van der Waals surface area contributed by atoms with Crippen LogP contribution in [-0.4, -0.2) is 16.0 Å². The summed E-state index contributed by atoms with van der Waals surface area (Å²) in [6, 6.07) is 11.1. The minimum atomic E-state index is 0.686. The summed E-state index contributed by atoms with van der Waals surface area (Å²) in [5.41, 5.74) is 3.54. The van der Waals surface area contributed by atoms with Crippen molar-refractivity contribution in [2.24, 2.45) is 0 Å². The van der Waals surface area contributed by atoms with Gasteiger partial charge in [0.1, 0.15) is 5.82 Å². The van der Waals surface area contributed by atoms with Crippen molar-refractivity contribution in [3.8, 4) is 11.3 Å². The fraction of sp³-hybridized carbons (Fsp3) is 0.471. The first-order chi connectivity index (χ1) is 9.86. The molecule has 3 nitrogen and oxygen atoms in total. The molecule has 106 valence electrons. The van der Waals surface area contributed by atoms with Gasteiger partial charge in [0.05, 0.1) is 12.2 Å². The normalized spacial score (nSPS) is 15.8. The van der Waals surface area contributed by atoms with Crippen LogP contribution in [-0.2, 0) is 13.0 Å². The summed E-state index contributed by atoms with van der Waals surface area (Å²) in [6.07, 6.45) is 6.34. The number of aromatic nitrogens is 2. The predicted molar refractivity (Wildman–Crippen MR) is 82.5 cm³/mol. The highest BCUT2D eigenvalue weighted by Crippen LogP contribution is 2.22. The minimum Gasteiger partial charge on any atom is -0.344 e. The third kappa shape index (κ3) is 2.93. The molecule has 0 saturated heterocycles. The van der Waals surface area contributed by atoms with E-state index in [1.54, 1.807) is 0 Å². The Labute approximate surface area is 120 Å². The van der Waals surface area contributed by atoms with Gasteiger partial charge in [-0.1, -0.05) is 50.1 Å². The summed E-state index contributed by atoms with van der Waals surface area (Å²) in [5, 5.41) is 3.62. The van der Waals surface area contributed by atoms with Gasteiger partial charge in [-0.2, -0.15) is 0 Å². The summed E-state index contributed by atoms with van der Waals surface area (Å²) in [7, 11) is 0. The molecule has 0 radical (unpaired) electrons. The number of hydrogen-bond donors (Lipinski definition) is 2. The second-order valence-corrected chi connectivity index (χ2v) is 5.59. The summed E-state index contributed by atoms with van der Waals surface area (Å²) < 4.78 is 0. The van der Waals surface area contributed by atoms with E-state index in [1.807, 2.05) is 6.07 Å². The van der Waals surface area contributed by atoms with Crippen LogP contribution in [0.2, 0.25) is 0 Å². The van der Waals surface area contributed by atoms with Crippen molar-refractivity contribution in [2.75, 3.05) is 0 Å². The van der Waals surface area contributed by atoms with Gasteiger partial charge in [0.15, 0.2) is 0 Å². The molecule has 1 saturated carbocycles. The van der Waals surface area contributed by atoms with Crippen LogP contribution < -0.4 is 5.32 Å². The molecule has 0 atom stereocenters. The number of nitrogens with zero attached hydrogens (tertiary/aromatic N) is 1. The monoisotopic (exact) mass is 269 g/mol. The summed E-state index contributed by atoms with van der Waals surface area (Å²) in [4.78, 5) is 8.27. The van der Waals surface area contributed by atoms with Crippen LogP contribution in [0.25, 0.3) is 11.3 Å². The fourth-order valence-electron chi connectivity index (χ4n) is 3.01. The Balaban J connectivity index is 1.74. The van der Waals surface area contributed by atoms with Crippen molar-refractivity contribution >= 4 is 0 Å². The Hall–Kier alpha value is -1.61. The maximum absolute atomic E-state index is 4.79. The molecule has 1 aromatic carbocycles. The topological polar surface area (TPSA) is 40.7 Å². The predicted octanol–water partition coefficient (Wildman–Crippen LogP) is 3.67. The van der Waals surface area contributed by atoms with Crippen LogP contribution in [0.5, 0.6) is 0 Å². The average Bonchev–Trinajstić information content (AvgIpc) is 3.15. The Morgan fingerprint density at radius 3 is 2.65 bits per heavy atom. The first-order valence-electron chi connectivity index (χ1n) is 7.73. The largest absolute Gasteiger partial charge is 0.344 e. The van der Waals surface area contributed by atoms with Gasteiger partial charge in [-0.05, 0) is 19.3 Å². The highest BCUT2D eigenvalue weighted by molar-refractivity contribution is 5.61. The first-order valence-corrected chi connectivity index (χ1v) is 7.73. The molecule has 0 aliphatic heterocycles. The zero-order chi connectivity index (χ0) is 13.8. The van der Waals surface area contributed by atoms with Gasteiger partial charge >= 0.3 is 0 Å². The SMILES string of the molecule is CCc1[nH]c(CNC2CCCC2)nc1-c1ccccc1. The molecule has 1 fully saturated rings. The van der Waals surface area contributed by atoms with E-state index in [-0.39, 0.29) is 0 Å². The van der Waals surface area contributed by atoms with Crippen LogP contribution in [0.15, 0.2) is 30.3 Å². The lowest BCUT2D eigenvalue weighted by Crippen LogP contribution is -2.25. The zero-order valence-corrected chi connectivity index (χ0v) is 12.2. The molecule has 3 heteroatoms. The minimum absolute atomic E-state index is 0.686. The number of hydrogen-bond acceptors (Lipinski definition) is 2. The number of aryl methyl sites for hydroxylation is 1. The molecule has 1 aromatic heterocycles. The molecule has 1 heterocycles. The van der Waals surface area contributed by atoms with Crippen LogP contribution in [0.4, 0.5) is 0 Å². The molecular weight excluding hydrogens is 246 g/mol. The summed E-state index contributed by atoms with van der Waals surface area (Å²) in [5.74, 6) is 1.06. The fourth-order valence-corrected chi connectivity index (χ4v) is 3.01. The highest BCUT2D eigenvalue weighted by Gasteiger charge is 2.15. The average molecular weight is 269 g/mol. The van der Waals surface area contributed by atoms with E-state index < -0.39 is 0 Å². The van der Waals surface area contributed by atoms with E-state index in [0.717, 1.165) is 24.5 Å². The van der Waals surface area contributed by atoms with Gasteiger partial charge in [-0.3, -0.25) is 0 Å². The maximum Gasteiger partial charge on any atom is 0.121 e. The smallest absolute Gasteiger partial charge is 0.121 e. The van der Waals surface area contributed by atoms with E-state index in [0.29, 0.717) is 6.04 Å². The molecule has 1 aliphatic carbocycles. The van der Waals surface area contributed by atoms with E-state index in [4.69, 9.17) is 4.98 Å². The molecule has 0 unspecified atom stereocenters. The van der Waals surface area contributed by atoms with Crippen LogP contribution >= 0.6 is 0 Å². The number of H-pyrrole nitrogens is 1. The van der Waals surface area contributed by atoms with Crippen molar-refractivity contribution in [3.05, 3.63) is 41.9 Å². The van der Waals surface area contributed by atoms with Gasteiger partial charge in [-0.25, -0.2) is 4.98 Å².